The zero-order chi connectivity index (χ0) is 16.2. The Morgan fingerprint density at radius 3 is 2.59 bits per heavy atom. The molecule has 1 aromatic heterocycles. The highest BCUT2D eigenvalue weighted by Gasteiger charge is 2.27. The van der Waals surface area contributed by atoms with Crippen molar-refractivity contribution in [2.24, 2.45) is 0 Å². The molecule has 1 aromatic rings. The van der Waals surface area contributed by atoms with Gasteiger partial charge in [-0.15, -0.1) is 0 Å². The van der Waals surface area contributed by atoms with Crippen LogP contribution >= 0.6 is 0 Å². The Hall–Kier alpha value is -1.85. The second-order valence-corrected chi connectivity index (χ2v) is 6.49. The standard InChI is InChI=1S/C16H25N3O3/c1-5-12-10-14(18-11-17-12)21-13-6-8-19(9-7-13)15(20)22-16(2,3)4/h10-11,13H,5-9H2,1-4H3. The number of aryl methyl sites for hydroxylation is 1. The predicted octanol–water partition coefficient (Wildman–Crippen LogP) is 2.82. The monoisotopic (exact) mass is 307 g/mol. The third-order valence-corrected chi connectivity index (χ3v) is 3.44. The Morgan fingerprint density at radius 2 is 2.00 bits per heavy atom. The number of rotatable bonds is 3. The average molecular weight is 307 g/mol. The van der Waals surface area contributed by atoms with Gasteiger partial charge in [0, 0.05) is 37.7 Å². The summed E-state index contributed by atoms with van der Waals surface area (Å²) >= 11 is 0. The van der Waals surface area contributed by atoms with Crippen LogP contribution in [0.5, 0.6) is 5.88 Å². The molecule has 1 aliphatic heterocycles. The molecule has 2 rings (SSSR count). The Labute approximate surface area is 131 Å². The molecule has 0 radical (unpaired) electrons. The molecule has 22 heavy (non-hydrogen) atoms. The van der Waals surface area contributed by atoms with Crippen LogP contribution in [0.25, 0.3) is 0 Å². The number of hydrogen-bond donors (Lipinski definition) is 0. The molecule has 1 fully saturated rings. The summed E-state index contributed by atoms with van der Waals surface area (Å²) in [6.07, 6.45) is 3.79. The maximum absolute atomic E-state index is 12.0. The van der Waals surface area contributed by atoms with Gasteiger partial charge < -0.3 is 14.4 Å². The quantitative estimate of drug-likeness (QED) is 0.859. The van der Waals surface area contributed by atoms with Crippen LogP contribution in [0, 0.1) is 0 Å². The molecule has 0 N–H and O–H groups in total. The van der Waals surface area contributed by atoms with E-state index in [1.165, 1.54) is 6.33 Å². The molecule has 0 saturated carbocycles. The summed E-state index contributed by atoms with van der Waals surface area (Å²) in [4.78, 5) is 22.0. The molecule has 1 saturated heterocycles. The zero-order valence-electron chi connectivity index (χ0n) is 13.8. The first-order valence-electron chi connectivity index (χ1n) is 7.83. The molecule has 1 amide bonds. The average Bonchev–Trinajstić information content (AvgIpc) is 2.46. The number of ether oxygens (including phenoxy) is 2. The van der Waals surface area contributed by atoms with Gasteiger partial charge >= 0.3 is 6.09 Å². The van der Waals surface area contributed by atoms with E-state index in [0.717, 1.165) is 25.0 Å². The molecule has 0 aromatic carbocycles. The lowest BCUT2D eigenvalue weighted by molar-refractivity contribution is 0.0123. The van der Waals surface area contributed by atoms with Gasteiger partial charge in [-0.1, -0.05) is 6.92 Å². The van der Waals surface area contributed by atoms with Gasteiger partial charge in [-0.2, -0.15) is 0 Å². The summed E-state index contributed by atoms with van der Waals surface area (Å²) in [5.74, 6) is 0.613. The van der Waals surface area contributed by atoms with E-state index in [2.05, 4.69) is 9.97 Å². The summed E-state index contributed by atoms with van der Waals surface area (Å²) in [5.41, 5.74) is 0.512. The van der Waals surface area contributed by atoms with E-state index in [4.69, 9.17) is 9.47 Å². The van der Waals surface area contributed by atoms with E-state index < -0.39 is 5.60 Å². The number of nitrogens with zero attached hydrogens (tertiary/aromatic N) is 3. The fourth-order valence-corrected chi connectivity index (χ4v) is 2.29. The van der Waals surface area contributed by atoms with Gasteiger partial charge in [0.2, 0.25) is 5.88 Å². The van der Waals surface area contributed by atoms with E-state index >= 15 is 0 Å². The van der Waals surface area contributed by atoms with Gasteiger partial charge in [-0.25, -0.2) is 14.8 Å². The Kier molecular flexibility index (Phi) is 5.21. The summed E-state index contributed by atoms with van der Waals surface area (Å²) in [6, 6.07) is 1.88. The summed E-state index contributed by atoms with van der Waals surface area (Å²) < 4.78 is 11.3. The van der Waals surface area contributed by atoms with Crippen molar-refractivity contribution in [1.82, 2.24) is 14.9 Å². The van der Waals surface area contributed by atoms with Crippen LogP contribution in [0.3, 0.4) is 0 Å². The van der Waals surface area contributed by atoms with Crippen molar-refractivity contribution in [2.75, 3.05) is 13.1 Å². The molecule has 1 aliphatic rings. The number of piperidine rings is 1. The van der Waals surface area contributed by atoms with Crippen molar-refractivity contribution in [1.29, 1.82) is 0 Å². The smallest absolute Gasteiger partial charge is 0.410 e. The van der Waals surface area contributed by atoms with Crippen LogP contribution in [0.15, 0.2) is 12.4 Å². The van der Waals surface area contributed by atoms with Crippen molar-refractivity contribution in [3.63, 3.8) is 0 Å². The summed E-state index contributed by atoms with van der Waals surface area (Å²) in [7, 11) is 0. The Morgan fingerprint density at radius 1 is 1.32 bits per heavy atom. The highest BCUT2D eigenvalue weighted by molar-refractivity contribution is 5.68. The van der Waals surface area contributed by atoms with Crippen LogP contribution in [-0.4, -0.2) is 45.8 Å². The van der Waals surface area contributed by atoms with Crippen molar-refractivity contribution in [3.05, 3.63) is 18.1 Å². The molecule has 0 unspecified atom stereocenters. The van der Waals surface area contributed by atoms with Gasteiger partial charge in [0.05, 0.1) is 0 Å². The van der Waals surface area contributed by atoms with Crippen LogP contribution in [0.1, 0.15) is 46.2 Å². The van der Waals surface area contributed by atoms with Crippen molar-refractivity contribution >= 4 is 6.09 Å². The molecule has 0 spiro atoms. The third-order valence-electron chi connectivity index (χ3n) is 3.44. The zero-order valence-corrected chi connectivity index (χ0v) is 13.8. The minimum Gasteiger partial charge on any atom is -0.474 e. The second kappa shape index (κ2) is 6.94. The van der Waals surface area contributed by atoms with E-state index in [1.54, 1.807) is 4.90 Å². The maximum Gasteiger partial charge on any atom is 0.410 e. The van der Waals surface area contributed by atoms with Crippen LogP contribution in [0.4, 0.5) is 4.79 Å². The molecule has 2 heterocycles. The highest BCUT2D eigenvalue weighted by Crippen LogP contribution is 2.19. The number of hydrogen-bond acceptors (Lipinski definition) is 5. The first-order valence-corrected chi connectivity index (χ1v) is 7.83. The number of likely N-dealkylation sites (tertiary alicyclic amines) is 1. The normalized spacial score (nSPS) is 16.5. The van der Waals surface area contributed by atoms with Crippen molar-refractivity contribution in [2.45, 2.75) is 58.7 Å². The van der Waals surface area contributed by atoms with Gasteiger partial charge in [0.15, 0.2) is 0 Å². The summed E-state index contributed by atoms with van der Waals surface area (Å²) in [6.45, 7) is 8.96. The lowest BCUT2D eigenvalue weighted by Crippen LogP contribution is -2.44. The number of aromatic nitrogens is 2. The van der Waals surface area contributed by atoms with E-state index in [1.807, 2.05) is 33.8 Å². The Balaban J connectivity index is 1.83. The first kappa shape index (κ1) is 16.5. The minimum atomic E-state index is -0.456. The molecule has 122 valence electrons. The molecule has 0 bridgehead atoms. The molecular formula is C16H25N3O3. The lowest BCUT2D eigenvalue weighted by atomic mass is 10.1. The molecular weight excluding hydrogens is 282 g/mol. The molecule has 0 atom stereocenters. The SMILES string of the molecule is CCc1cc(OC2CCN(C(=O)OC(C)(C)C)CC2)ncn1. The van der Waals surface area contributed by atoms with Crippen LogP contribution in [-0.2, 0) is 11.2 Å². The van der Waals surface area contributed by atoms with E-state index in [0.29, 0.717) is 19.0 Å². The van der Waals surface area contributed by atoms with E-state index in [9.17, 15) is 4.79 Å². The van der Waals surface area contributed by atoms with Crippen LogP contribution < -0.4 is 4.74 Å². The molecule has 6 heteroatoms. The summed E-state index contributed by atoms with van der Waals surface area (Å²) in [5, 5.41) is 0. The van der Waals surface area contributed by atoms with Gasteiger partial charge in [0.1, 0.15) is 18.0 Å². The predicted molar refractivity (Wildman–Crippen MR) is 82.9 cm³/mol. The minimum absolute atomic E-state index is 0.0818. The topological polar surface area (TPSA) is 64.5 Å². The lowest BCUT2D eigenvalue weighted by Gasteiger charge is -2.33. The fraction of sp³-hybridized carbons (Fsp3) is 0.688. The van der Waals surface area contributed by atoms with Gasteiger partial charge in [0.25, 0.3) is 0 Å². The highest BCUT2D eigenvalue weighted by atomic mass is 16.6. The second-order valence-electron chi connectivity index (χ2n) is 6.49. The van der Waals surface area contributed by atoms with Crippen molar-refractivity contribution < 1.29 is 14.3 Å². The van der Waals surface area contributed by atoms with Gasteiger partial charge in [-0.3, -0.25) is 0 Å². The maximum atomic E-state index is 12.0. The number of amides is 1. The first-order chi connectivity index (χ1) is 10.4. The largest absolute Gasteiger partial charge is 0.474 e. The number of carbonyl (C=O) groups excluding carboxylic acids is 1. The fourth-order valence-electron chi connectivity index (χ4n) is 2.29. The van der Waals surface area contributed by atoms with Gasteiger partial charge in [-0.05, 0) is 27.2 Å². The number of carbonyl (C=O) groups is 1. The molecule has 0 aliphatic carbocycles. The van der Waals surface area contributed by atoms with E-state index in [-0.39, 0.29) is 12.2 Å². The van der Waals surface area contributed by atoms with Crippen molar-refractivity contribution in [3.8, 4) is 5.88 Å². The molecule has 6 nitrogen and oxygen atoms in total. The third kappa shape index (κ3) is 4.86. The van der Waals surface area contributed by atoms with Crippen LogP contribution in [0.2, 0.25) is 0 Å². The Bertz CT molecular complexity index is 506.